The number of allylic oxidation sites excluding steroid dienone is 2. The third-order valence-corrected chi connectivity index (χ3v) is 1.63. The van der Waals surface area contributed by atoms with Gasteiger partial charge in [-0.15, -0.1) is 0 Å². The smallest absolute Gasteiger partial charge is 0.191 e. The van der Waals surface area contributed by atoms with Crippen LogP contribution in [0.3, 0.4) is 0 Å². The summed E-state index contributed by atoms with van der Waals surface area (Å²) in [5.41, 5.74) is -0.938. The Morgan fingerprint density at radius 2 is 1.92 bits per heavy atom. The van der Waals surface area contributed by atoms with E-state index < -0.39 is 16.8 Å². The molecule has 0 aromatic heterocycles. The summed E-state index contributed by atoms with van der Waals surface area (Å²) in [5.74, 6) is -0.182. The van der Waals surface area contributed by atoms with Crippen LogP contribution in [0.1, 0.15) is 20.3 Å². The maximum Gasteiger partial charge on any atom is 0.414 e. The summed E-state index contributed by atoms with van der Waals surface area (Å²) in [6, 6.07) is 1.30. The Kier molecular flexibility index (Phi) is 4.28. The molecule has 0 N–H and O–H groups in total. The van der Waals surface area contributed by atoms with E-state index in [1.165, 1.54) is 6.07 Å². The van der Waals surface area contributed by atoms with Crippen LogP contribution in [0.2, 0.25) is 0 Å². The molecule has 0 aliphatic rings. The third-order valence-electron chi connectivity index (χ3n) is 1.32. The zero-order valence-electron chi connectivity index (χ0n) is 7.24. The molecule has 0 bridgehead atoms. The second-order valence-corrected chi connectivity index (χ2v) is 3.38. The second-order valence-electron chi connectivity index (χ2n) is 3.00. The van der Waals surface area contributed by atoms with Crippen molar-refractivity contribution in [1.29, 1.82) is 5.26 Å². The summed E-state index contributed by atoms with van der Waals surface area (Å²) in [4.78, 5) is 0. The maximum absolute atomic E-state index is 12.2. The van der Waals surface area contributed by atoms with Crippen molar-refractivity contribution in [2.75, 3.05) is 0 Å². The highest BCUT2D eigenvalue weighted by atomic mass is 35.5. The van der Waals surface area contributed by atoms with Crippen molar-refractivity contribution in [3.63, 3.8) is 0 Å². The van der Waals surface area contributed by atoms with Gasteiger partial charge in [-0.2, -0.15) is 18.4 Å². The van der Waals surface area contributed by atoms with Crippen molar-refractivity contribution in [2.24, 2.45) is 5.92 Å². The first-order chi connectivity index (χ1) is 5.79. The van der Waals surface area contributed by atoms with Gasteiger partial charge in [0.25, 0.3) is 0 Å². The first kappa shape index (κ1) is 12.3. The molecule has 13 heavy (non-hydrogen) atoms. The quantitative estimate of drug-likeness (QED) is 0.640. The van der Waals surface area contributed by atoms with Crippen molar-refractivity contribution in [2.45, 2.75) is 26.4 Å². The fourth-order valence-corrected chi connectivity index (χ4v) is 0.990. The number of alkyl halides is 3. The Morgan fingerprint density at radius 1 is 1.46 bits per heavy atom. The first-order valence-electron chi connectivity index (χ1n) is 3.65. The Hall–Kier alpha value is -0.690. The number of nitriles is 1. The highest BCUT2D eigenvalue weighted by Gasteiger charge is 2.36. The van der Waals surface area contributed by atoms with Gasteiger partial charge in [0.2, 0.25) is 0 Å². The van der Waals surface area contributed by atoms with Gasteiger partial charge in [-0.3, -0.25) is 0 Å². The van der Waals surface area contributed by atoms with E-state index in [-0.39, 0.29) is 12.3 Å². The second kappa shape index (κ2) is 4.52. The first-order valence-corrected chi connectivity index (χ1v) is 4.02. The molecule has 0 aliphatic heterocycles. The fourth-order valence-electron chi connectivity index (χ4n) is 0.806. The molecule has 0 heterocycles. The lowest BCUT2D eigenvalue weighted by atomic mass is 10.0. The van der Waals surface area contributed by atoms with Crippen LogP contribution in [0, 0.1) is 17.2 Å². The summed E-state index contributed by atoms with van der Waals surface area (Å²) in [6.07, 6.45) is -4.73. The van der Waals surface area contributed by atoms with Gasteiger partial charge < -0.3 is 0 Å². The maximum atomic E-state index is 12.2. The van der Waals surface area contributed by atoms with Crippen LogP contribution in [0.25, 0.3) is 0 Å². The van der Waals surface area contributed by atoms with Crippen LogP contribution in [0.4, 0.5) is 13.2 Å². The number of hydrogen-bond donors (Lipinski definition) is 0. The summed E-state index contributed by atoms with van der Waals surface area (Å²) in [7, 11) is 0. The standard InChI is InChI=1S/C8H9ClF3N/c1-5(2)3-6(7(9)4-13)8(10,11)12/h5H,3H2,1-2H3/b7-6+. The molecule has 0 aromatic carbocycles. The minimum absolute atomic E-state index is 0.182. The van der Waals surface area contributed by atoms with E-state index >= 15 is 0 Å². The molecule has 74 valence electrons. The Bertz CT molecular complexity index is 247. The number of hydrogen-bond acceptors (Lipinski definition) is 1. The van der Waals surface area contributed by atoms with Gasteiger partial charge in [-0.25, -0.2) is 0 Å². The molecule has 0 saturated heterocycles. The largest absolute Gasteiger partial charge is 0.414 e. The highest BCUT2D eigenvalue weighted by molar-refractivity contribution is 6.32. The lowest BCUT2D eigenvalue weighted by Gasteiger charge is -2.13. The van der Waals surface area contributed by atoms with Gasteiger partial charge in [0.05, 0.1) is 5.57 Å². The lowest BCUT2D eigenvalue weighted by molar-refractivity contribution is -0.0952. The minimum atomic E-state index is -4.50. The molecule has 0 radical (unpaired) electrons. The SMILES string of the molecule is CC(C)C/C(=C(\Cl)C#N)C(F)(F)F. The van der Waals surface area contributed by atoms with E-state index in [2.05, 4.69) is 0 Å². The fraction of sp³-hybridized carbons (Fsp3) is 0.625. The van der Waals surface area contributed by atoms with E-state index in [4.69, 9.17) is 16.9 Å². The van der Waals surface area contributed by atoms with Gasteiger partial charge in [0.15, 0.2) is 0 Å². The normalized spacial score (nSPS) is 14.0. The molecule has 0 rings (SSSR count). The minimum Gasteiger partial charge on any atom is -0.191 e. The average Bonchev–Trinajstić information content (AvgIpc) is 1.96. The van der Waals surface area contributed by atoms with E-state index in [0.29, 0.717) is 0 Å². The van der Waals surface area contributed by atoms with Crippen LogP contribution in [0.15, 0.2) is 10.6 Å². The van der Waals surface area contributed by atoms with Gasteiger partial charge in [-0.1, -0.05) is 25.4 Å². The molecule has 0 aliphatic carbocycles. The Balaban J connectivity index is 4.91. The Labute approximate surface area is 79.8 Å². The van der Waals surface area contributed by atoms with Crippen molar-refractivity contribution >= 4 is 11.6 Å². The van der Waals surface area contributed by atoms with Gasteiger partial charge in [0, 0.05) is 0 Å². The van der Waals surface area contributed by atoms with E-state index in [1.54, 1.807) is 13.8 Å². The summed E-state index contributed by atoms with van der Waals surface area (Å²) < 4.78 is 36.7. The lowest BCUT2D eigenvalue weighted by Crippen LogP contribution is -2.15. The molecular weight excluding hydrogens is 203 g/mol. The van der Waals surface area contributed by atoms with Crippen LogP contribution >= 0.6 is 11.6 Å². The molecule has 5 heteroatoms. The van der Waals surface area contributed by atoms with Crippen molar-refractivity contribution < 1.29 is 13.2 Å². The molecule has 0 fully saturated rings. The number of rotatable bonds is 2. The topological polar surface area (TPSA) is 23.8 Å². The predicted octanol–water partition coefficient (Wildman–Crippen LogP) is 3.61. The summed E-state index contributed by atoms with van der Waals surface area (Å²) in [5, 5.41) is 7.48. The number of halogens is 4. The summed E-state index contributed by atoms with van der Waals surface area (Å²) >= 11 is 5.16. The van der Waals surface area contributed by atoms with Crippen LogP contribution in [-0.2, 0) is 0 Å². The van der Waals surface area contributed by atoms with Crippen LogP contribution in [-0.4, -0.2) is 6.18 Å². The molecule has 0 aromatic rings. The summed E-state index contributed by atoms with van der Waals surface area (Å²) in [6.45, 7) is 3.26. The van der Waals surface area contributed by atoms with E-state index in [9.17, 15) is 13.2 Å². The molecular formula is C8H9ClF3N. The molecule has 0 saturated carbocycles. The van der Waals surface area contributed by atoms with Gasteiger partial charge in [0.1, 0.15) is 11.1 Å². The van der Waals surface area contributed by atoms with Crippen LogP contribution in [0.5, 0.6) is 0 Å². The van der Waals surface area contributed by atoms with Crippen molar-refractivity contribution in [3.05, 3.63) is 10.6 Å². The third kappa shape index (κ3) is 4.18. The zero-order valence-corrected chi connectivity index (χ0v) is 8.00. The van der Waals surface area contributed by atoms with Gasteiger partial charge >= 0.3 is 6.18 Å². The monoisotopic (exact) mass is 211 g/mol. The van der Waals surface area contributed by atoms with E-state index in [0.717, 1.165) is 0 Å². The van der Waals surface area contributed by atoms with Crippen LogP contribution < -0.4 is 0 Å². The van der Waals surface area contributed by atoms with Crippen molar-refractivity contribution in [3.8, 4) is 6.07 Å². The van der Waals surface area contributed by atoms with E-state index in [1.807, 2.05) is 0 Å². The molecule has 0 atom stereocenters. The van der Waals surface area contributed by atoms with Gasteiger partial charge in [-0.05, 0) is 12.3 Å². The molecule has 1 nitrogen and oxygen atoms in total. The predicted molar refractivity (Wildman–Crippen MR) is 44.0 cm³/mol. The molecule has 0 unspecified atom stereocenters. The Morgan fingerprint density at radius 3 is 2.15 bits per heavy atom. The molecule has 0 amide bonds. The molecule has 0 spiro atoms. The average molecular weight is 212 g/mol. The highest BCUT2D eigenvalue weighted by Crippen LogP contribution is 2.33. The van der Waals surface area contributed by atoms with Crippen molar-refractivity contribution in [1.82, 2.24) is 0 Å². The zero-order chi connectivity index (χ0) is 10.6. The number of nitrogens with zero attached hydrogens (tertiary/aromatic N) is 1.